The quantitative estimate of drug-likeness (QED) is 0.492. The van der Waals surface area contributed by atoms with E-state index in [2.05, 4.69) is 10.3 Å². The molecule has 0 aliphatic heterocycles. The fourth-order valence-corrected chi connectivity index (χ4v) is 4.24. The smallest absolute Gasteiger partial charge is 0.416 e. The molecule has 2 atom stereocenters. The molecule has 8 nitrogen and oxygen atoms in total. The number of aromatic nitrogens is 1. The van der Waals surface area contributed by atoms with Crippen LogP contribution in [0.3, 0.4) is 0 Å². The van der Waals surface area contributed by atoms with E-state index >= 15 is 0 Å². The molecular formula is C27H35F3N4O4. The molecule has 2 amide bonds. The Morgan fingerprint density at radius 3 is 2.34 bits per heavy atom. The second kappa shape index (κ2) is 12.0. The Bertz CT molecular complexity index is 1150. The number of nitrogens with one attached hydrogen (secondary N) is 1. The van der Waals surface area contributed by atoms with Crippen molar-refractivity contribution in [3.8, 4) is 11.5 Å². The van der Waals surface area contributed by atoms with Crippen LogP contribution in [0.4, 0.5) is 13.2 Å². The van der Waals surface area contributed by atoms with Gasteiger partial charge in [0.15, 0.2) is 17.5 Å². The number of likely N-dealkylation sites (N-methyl/N-ethyl adjacent to an activating group) is 1. The van der Waals surface area contributed by atoms with Crippen LogP contribution in [0.15, 0.2) is 30.5 Å². The van der Waals surface area contributed by atoms with Crippen molar-refractivity contribution in [2.24, 2.45) is 0 Å². The molecule has 208 valence electrons. The van der Waals surface area contributed by atoms with Crippen LogP contribution in [-0.2, 0) is 22.3 Å². The van der Waals surface area contributed by atoms with Gasteiger partial charge >= 0.3 is 6.18 Å². The van der Waals surface area contributed by atoms with Gasteiger partial charge in [0.1, 0.15) is 5.69 Å². The number of hydrogen-bond acceptors (Lipinski definition) is 6. The first-order valence-corrected chi connectivity index (χ1v) is 12.4. The number of methoxy groups -OCH3 is 2. The van der Waals surface area contributed by atoms with E-state index in [1.807, 2.05) is 0 Å². The van der Waals surface area contributed by atoms with Crippen LogP contribution in [0, 0.1) is 6.92 Å². The van der Waals surface area contributed by atoms with E-state index in [0.717, 1.165) is 31.4 Å². The first-order valence-electron chi connectivity index (χ1n) is 12.4. The average molecular weight is 537 g/mol. The third-order valence-electron chi connectivity index (χ3n) is 7.02. The van der Waals surface area contributed by atoms with E-state index in [9.17, 15) is 22.8 Å². The molecule has 1 unspecified atom stereocenters. The number of alkyl halides is 3. The summed E-state index contributed by atoms with van der Waals surface area (Å²) in [7, 11) is 6.34. The fourth-order valence-electron chi connectivity index (χ4n) is 4.24. The van der Waals surface area contributed by atoms with Gasteiger partial charge in [-0.1, -0.05) is 6.07 Å². The Balaban J connectivity index is 2.16. The highest BCUT2D eigenvalue weighted by molar-refractivity contribution is 5.91. The fraction of sp³-hybridized carbons (Fsp3) is 0.519. The van der Waals surface area contributed by atoms with Crippen LogP contribution in [-0.4, -0.2) is 67.0 Å². The van der Waals surface area contributed by atoms with Crippen molar-refractivity contribution in [1.29, 1.82) is 0 Å². The lowest BCUT2D eigenvalue weighted by molar-refractivity contribution is -0.145. The number of carbonyl (C=O) groups is 2. The minimum absolute atomic E-state index is 0.0300. The summed E-state index contributed by atoms with van der Waals surface area (Å²) in [6.45, 7) is 3.13. The number of rotatable bonds is 10. The third-order valence-corrected chi connectivity index (χ3v) is 7.02. The van der Waals surface area contributed by atoms with Gasteiger partial charge in [-0.05, 0) is 70.5 Å². The van der Waals surface area contributed by atoms with Gasteiger partial charge in [0, 0.05) is 24.8 Å². The van der Waals surface area contributed by atoms with Gasteiger partial charge in [-0.2, -0.15) is 13.2 Å². The lowest BCUT2D eigenvalue weighted by atomic mass is 9.92. The lowest BCUT2D eigenvalue weighted by Crippen LogP contribution is -2.52. The standard InChI is InChI=1S/C27H35F3N4O4/c1-16-14-19(27(28,29)30)11-10-18(16)15-34(26(36)17(2)33(3)4)23(25(35)32-20-8-7-9-20)22-24(38-6)21(37-5)12-13-31-22/h10-14,17,20,23H,7-9,15H2,1-6H3,(H,32,35)/t17-,23?/m0/s1. The number of ether oxygens (including phenoxy) is 2. The topological polar surface area (TPSA) is 84.0 Å². The first kappa shape index (κ1) is 29.2. The monoisotopic (exact) mass is 536 g/mol. The van der Waals surface area contributed by atoms with Crippen molar-refractivity contribution in [3.63, 3.8) is 0 Å². The summed E-state index contributed by atoms with van der Waals surface area (Å²) in [6, 6.07) is 3.05. The zero-order valence-corrected chi connectivity index (χ0v) is 22.6. The summed E-state index contributed by atoms with van der Waals surface area (Å²) in [5.41, 5.74) is 0.209. The molecule has 1 aromatic carbocycles. The van der Waals surface area contributed by atoms with Crippen molar-refractivity contribution in [2.45, 2.75) is 64.0 Å². The van der Waals surface area contributed by atoms with E-state index < -0.39 is 35.6 Å². The third kappa shape index (κ3) is 6.38. The molecule has 1 aliphatic carbocycles. The Labute approximate surface area is 221 Å². The Morgan fingerprint density at radius 2 is 1.84 bits per heavy atom. The molecular weight excluding hydrogens is 501 g/mol. The molecule has 1 fully saturated rings. The number of hydrogen-bond donors (Lipinski definition) is 1. The molecule has 1 heterocycles. The van der Waals surface area contributed by atoms with Gasteiger partial charge in [-0.3, -0.25) is 19.5 Å². The maximum Gasteiger partial charge on any atom is 0.416 e. The van der Waals surface area contributed by atoms with Crippen molar-refractivity contribution in [1.82, 2.24) is 20.1 Å². The molecule has 3 rings (SSSR count). The predicted octanol–water partition coefficient (Wildman–Crippen LogP) is 4.11. The van der Waals surface area contributed by atoms with Crippen molar-refractivity contribution >= 4 is 11.8 Å². The molecule has 0 saturated heterocycles. The van der Waals surface area contributed by atoms with Gasteiger partial charge < -0.3 is 19.7 Å². The van der Waals surface area contributed by atoms with Crippen molar-refractivity contribution < 1.29 is 32.2 Å². The van der Waals surface area contributed by atoms with E-state index in [1.54, 1.807) is 38.9 Å². The van der Waals surface area contributed by atoms with E-state index in [1.165, 1.54) is 31.4 Å². The summed E-state index contributed by atoms with van der Waals surface area (Å²) in [5.74, 6) is -0.312. The van der Waals surface area contributed by atoms with Crippen LogP contribution >= 0.6 is 0 Å². The average Bonchev–Trinajstić information content (AvgIpc) is 2.84. The SMILES string of the molecule is COc1ccnc(C(C(=O)NC2CCC2)N(Cc2ccc(C(F)(F)F)cc2C)C(=O)[C@H](C)N(C)C)c1OC. The van der Waals surface area contributed by atoms with Crippen molar-refractivity contribution in [2.75, 3.05) is 28.3 Å². The zero-order valence-electron chi connectivity index (χ0n) is 22.6. The van der Waals surface area contributed by atoms with Crippen LogP contribution in [0.1, 0.15) is 54.6 Å². The molecule has 1 saturated carbocycles. The van der Waals surface area contributed by atoms with Gasteiger partial charge in [-0.15, -0.1) is 0 Å². The van der Waals surface area contributed by atoms with Gasteiger partial charge in [0.05, 0.1) is 25.8 Å². The Morgan fingerprint density at radius 1 is 1.16 bits per heavy atom. The predicted molar refractivity (Wildman–Crippen MR) is 136 cm³/mol. The molecule has 38 heavy (non-hydrogen) atoms. The maximum atomic E-state index is 13.9. The largest absolute Gasteiger partial charge is 0.493 e. The highest BCUT2D eigenvalue weighted by Gasteiger charge is 2.39. The summed E-state index contributed by atoms with van der Waals surface area (Å²) in [5, 5.41) is 3.01. The van der Waals surface area contributed by atoms with Crippen LogP contribution in [0.2, 0.25) is 0 Å². The molecule has 0 radical (unpaired) electrons. The van der Waals surface area contributed by atoms with Crippen LogP contribution < -0.4 is 14.8 Å². The van der Waals surface area contributed by atoms with E-state index in [0.29, 0.717) is 16.9 Å². The second-order valence-corrected chi connectivity index (χ2v) is 9.72. The highest BCUT2D eigenvalue weighted by Crippen LogP contribution is 2.38. The molecule has 11 heteroatoms. The molecule has 1 aliphatic rings. The summed E-state index contributed by atoms with van der Waals surface area (Å²) in [6.07, 6.45) is -0.410. The second-order valence-electron chi connectivity index (χ2n) is 9.72. The highest BCUT2D eigenvalue weighted by atomic mass is 19.4. The number of nitrogens with zero attached hydrogens (tertiary/aromatic N) is 3. The summed E-state index contributed by atoms with van der Waals surface area (Å²) in [4.78, 5) is 35.2. The summed E-state index contributed by atoms with van der Waals surface area (Å²) < 4.78 is 50.9. The maximum absolute atomic E-state index is 13.9. The minimum atomic E-state index is -4.50. The molecule has 0 bridgehead atoms. The molecule has 2 aromatic rings. The number of aryl methyl sites for hydroxylation is 1. The van der Waals surface area contributed by atoms with Gasteiger partial charge in [-0.25, -0.2) is 0 Å². The van der Waals surface area contributed by atoms with E-state index in [-0.39, 0.29) is 24.0 Å². The van der Waals surface area contributed by atoms with E-state index in [4.69, 9.17) is 9.47 Å². The minimum Gasteiger partial charge on any atom is -0.493 e. The zero-order chi connectivity index (χ0) is 28.2. The number of halogens is 3. The molecule has 1 N–H and O–H groups in total. The first-order chi connectivity index (χ1) is 17.9. The Hall–Kier alpha value is -3.34. The number of carbonyl (C=O) groups excluding carboxylic acids is 2. The van der Waals surface area contributed by atoms with Crippen LogP contribution in [0.5, 0.6) is 11.5 Å². The number of pyridine rings is 1. The van der Waals surface area contributed by atoms with Gasteiger partial charge in [0.2, 0.25) is 11.8 Å². The van der Waals surface area contributed by atoms with Gasteiger partial charge in [0.25, 0.3) is 0 Å². The summed E-state index contributed by atoms with van der Waals surface area (Å²) >= 11 is 0. The Kier molecular flexibility index (Phi) is 9.24. The van der Waals surface area contributed by atoms with Crippen molar-refractivity contribution in [3.05, 3.63) is 52.8 Å². The normalized spacial score (nSPS) is 15.4. The van der Waals surface area contributed by atoms with Crippen LogP contribution in [0.25, 0.3) is 0 Å². The number of amides is 2. The molecule has 0 spiro atoms. The molecule has 1 aromatic heterocycles. The number of benzene rings is 1. The lowest BCUT2D eigenvalue weighted by Gasteiger charge is -2.37.